The van der Waals surface area contributed by atoms with Crippen molar-refractivity contribution >= 4 is 24.8 Å². The lowest BCUT2D eigenvalue weighted by molar-refractivity contribution is -0.0280. The molecule has 1 amide bonds. The Balaban J connectivity index is 1.37. The SMILES string of the molecule is CC(C)(CCC1CC[C@@](C#N)(NC(=O)OCc2ccccc2)CO1)[Si](O)(c1ccccc1)c1ccccc1. The highest BCUT2D eigenvalue weighted by Crippen LogP contribution is 2.41. The number of nitriles is 1. The average molecular weight is 529 g/mol. The van der Waals surface area contributed by atoms with Crippen molar-refractivity contribution in [1.29, 1.82) is 5.26 Å². The number of nitrogens with one attached hydrogen (secondary N) is 1. The Morgan fingerprint density at radius 2 is 1.61 bits per heavy atom. The zero-order valence-corrected chi connectivity index (χ0v) is 23.1. The molecule has 2 atom stereocenters. The Morgan fingerprint density at radius 3 is 2.11 bits per heavy atom. The predicted octanol–water partition coefficient (Wildman–Crippen LogP) is 4.67. The van der Waals surface area contributed by atoms with Gasteiger partial charge in [-0.15, -0.1) is 0 Å². The molecule has 3 aromatic rings. The number of hydrogen-bond acceptors (Lipinski definition) is 5. The van der Waals surface area contributed by atoms with Crippen LogP contribution in [0, 0.1) is 11.3 Å². The van der Waals surface area contributed by atoms with Crippen LogP contribution < -0.4 is 15.7 Å². The summed E-state index contributed by atoms with van der Waals surface area (Å²) in [5.74, 6) is 0. The largest absolute Gasteiger partial charge is 0.445 e. The van der Waals surface area contributed by atoms with Crippen LogP contribution >= 0.6 is 0 Å². The summed E-state index contributed by atoms with van der Waals surface area (Å²) >= 11 is 0. The van der Waals surface area contributed by atoms with Crippen molar-refractivity contribution in [1.82, 2.24) is 5.32 Å². The summed E-state index contributed by atoms with van der Waals surface area (Å²) in [6.45, 7) is 4.54. The number of hydrogen-bond donors (Lipinski definition) is 2. The first-order valence-corrected chi connectivity index (χ1v) is 15.1. The maximum atomic E-state index is 12.4. The molecule has 198 valence electrons. The third kappa shape index (κ3) is 6.16. The Morgan fingerprint density at radius 1 is 1.05 bits per heavy atom. The lowest BCUT2D eigenvalue weighted by Gasteiger charge is -2.42. The van der Waals surface area contributed by atoms with Gasteiger partial charge < -0.3 is 19.6 Å². The number of ether oxygens (including phenoxy) is 2. The average Bonchev–Trinajstić information content (AvgIpc) is 2.96. The smallest absolute Gasteiger partial charge is 0.408 e. The van der Waals surface area contributed by atoms with E-state index in [1.54, 1.807) is 0 Å². The molecule has 0 aliphatic carbocycles. The summed E-state index contributed by atoms with van der Waals surface area (Å²) in [4.78, 5) is 24.8. The highest BCUT2D eigenvalue weighted by molar-refractivity contribution is 6.98. The topological polar surface area (TPSA) is 91.6 Å². The molecule has 38 heavy (non-hydrogen) atoms. The minimum atomic E-state index is -3.09. The number of rotatable bonds is 9. The zero-order valence-electron chi connectivity index (χ0n) is 22.1. The second kappa shape index (κ2) is 12.0. The van der Waals surface area contributed by atoms with Gasteiger partial charge in [0.1, 0.15) is 6.61 Å². The van der Waals surface area contributed by atoms with E-state index < -0.39 is 19.9 Å². The van der Waals surface area contributed by atoms with Crippen molar-refractivity contribution in [3.63, 3.8) is 0 Å². The van der Waals surface area contributed by atoms with Gasteiger partial charge in [0, 0.05) is 0 Å². The van der Waals surface area contributed by atoms with Crippen molar-refractivity contribution in [2.24, 2.45) is 0 Å². The van der Waals surface area contributed by atoms with Gasteiger partial charge >= 0.3 is 6.09 Å². The molecule has 0 radical (unpaired) electrons. The van der Waals surface area contributed by atoms with E-state index in [0.717, 1.165) is 28.8 Å². The molecule has 0 spiro atoms. The van der Waals surface area contributed by atoms with Crippen LogP contribution in [-0.4, -0.2) is 37.5 Å². The molecule has 1 saturated heterocycles. The van der Waals surface area contributed by atoms with E-state index in [0.29, 0.717) is 12.8 Å². The second-order valence-electron chi connectivity index (χ2n) is 10.7. The van der Waals surface area contributed by atoms with Gasteiger partial charge in [-0.25, -0.2) is 4.79 Å². The highest BCUT2D eigenvalue weighted by atomic mass is 28.4. The molecule has 1 aliphatic heterocycles. The summed E-state index contributed by atoms with van der Waals surface area (Å²) in [6.07, 6.45) is 1.95. The monoisotopic (exact) mass is 528 g/mol. The van der Waals surface area contributed by atoms with E-state index in [2.05, 4.69) is 25.2 Å². The van der Waals surface area contributed by atoms with Crippen molar-refractivity contribution in [3.8, 4) is 6.07 Å². The molecular weight excluding hydrogens is 492 g/mol. The first kappa shape index (κ1) is 27.6. The predicted molar refractivity (Wildman–Crippen MR) is 150 cm³/mol. The number of amides is 1. The molecule has 1 unspecified atom stereocenters. The van der Waals surface area contributed by atoms with Crippen LogP contribution in [0.1, 0.15) is 45.1 Å². The van der Waals surface area contributed by atoms with Crippen LogP contribution in [0.15, 0.2) is 91.0 Å². The van der Waals surface area contributed by atoms with Gasteiger partial charge in [-0.3, -0.25) is 0 Å². The Kier molecular flexibility index (Phi) is 8.68. The van der Waals surface area contributed by atoms with Gasteiger partial charge in [0.25, 0.3) is 8.32 Å². The molecule has 3 aromatic carbocycles. The summed E-state index contributed by atoms with van der Waals surface area (Å²) in [7, 11) is -3.09. The van der Waals surface area contributed by atoms with E-state index in [1.807, 2.05) is 91.0 Å². The fourth-order valence-electron chi connectivity index (χ4n) is 5.23. The van der Waals surface area contributed by atoms with Crippen LogP contribution in [0.3, 0.4) is 0 Å². The van der Waals surface area contributed by atoms with E-state index in [4.69, 9.17) is 9.47 Å². The lowest BCUT2D eigenvalue weighted by atomic mass is 9.89. The molecular formula is C31H36N2O4Si. The standard InChI is InChI=1S/C31H36N2O4Si/c1-30(2,38(35,27-14-8-4-9-15-27)28-16-10-5-11-17-28)20-18-26-19-21-31(23-32,24-37-26)33-29(34)36-22-25-12-6-3-7-13-25/h3-17,26,35H,18-22,24H2,1-2H3,(H,33,34)/t26?,31-/m0/s1. The molecule has 7 heteroatoms. The third-order valence-electron chi connectivity index (χ3n) is 7.68. The zero-order chi connectivity index (χ0) is 27.1. The van der Waals surface area contributed by atoms with Crippen molar-refractivity contribution < 1.29 is 19.1 Å². The van der Waals surface area contributed by atoms with Crippen LogP contribution in [0.25, 0.3) is 0 Å². The minimum Gasteiger partial charge on any atom is -0.445 e. The number of nitrogens with zero attached hydrogens (tertiary/aromatic N) is 1. The maximum absolute atomic E-state index is 12.4. The lowest BCUT2D eigenvalue weighted by Crippen LogP contribution is -2.65. The quantitative estimate of drug-likeness (QED) is 0.394. The van der Waals surface area contributed by atoms with Gasteiger partial charge in [0.05, 0.1) is 18.8 Å². The van der Waals surface area contributed by atoms with E-state index >= 15 is 0 Å². The molecule has 1 heterocycles. The van der Waals surface area contributed by atoms with Crippen LogP contribution in [0.4, 0.5) is 4.79 Å². The Hall–Kier alpha value is -3.44. The number of carbonyl (C=O) groups is 1. The number of benzene rings is 3. The summed E-state index contributed by atoms with van der Waals surface area (Å²) < 4.78 is 11.4. The molecule has 2 N–H and O–H groups in total. The minimum absolute atomic E-state index is 0.0531. The summed E-state index contributed by atoms with van der Waals surface area (Å²) in [5, 5.41) is 14.2. The molecule has 1 fully saturated rings. The molecule has 0 aromatic heterocycles. The molecule has 0 saturated carbocycles. The summed E-state index contributed by atoms with van der Waals surface area (Å²) in [6, 6.07) is 31.6. The molecule has 6 nitrogen and oxygen atoms in total. The van der Waals surface area contributed by atoms with Crippen molar-refractivity contribution in [2.45, 2.75) is 62.8 Å². The second-order valence-corrected chi connectivity index (χ2v) is 14.6. The van der Waals surface area contributed by atoms with E-state index in [-0.39, 0.29) is 24.4 Å². The Labute approximate surface area is 226 Å². The van der Waals surface area contributed by atoms with Crippen LogP contribution in [-0.2, 0) is 16.1 Å². The molecule has 0 bridgehead atoms. The maximum Gasteiger partial charge on any atom is 0.408 e. The first-order chi connectivity index (χ1) is 18.3. The molecule has 1 aliphatic rings. The molecule has 4 rings (SSSR count). The fourth-order valence-corrected chi connectivity index (χ4v) is 8.98. The Bertz CT molecular complexity index is 1180. The third-order valence-corrected chi connectivity index (χ3v) is 12.2. The fraction of sp³-hybridized carbons (Fsp3) is 0.355. The van der Waals surface area contributed by atoms with Crippen molar-refractivity contribution in [3.05, 3.63) is 96.6 Å². The van der Waals surface area contributed by atoms with Gasteiger partial charge in [-0.2, -0.15) is 5.26 Å². The highest BCUT2D eigenvalue weighted by Gasteiger charge is 2.50. The normalized spacial score (nSPS) is 19.8. The van der Waals surface area contributed by atoms with E-state index in [9.17, 15) is 14.9 Å². The van der Waals surface area contributed by atoms with Gasteiger partial charge in [0.15, 0.2) is 5.54 Å². The van der Waals surface area contributed by atoms with Crippen LogP contribution in [0.2, 0.25) is 5.04 Å². The van der Waals surface area contributed by atoms with E-state index in [1.165, 1.54) is 0 Å². The van der Waals surface area contributed by atoms with Crippen molar-refractivity contribution in [2.75, 3.05) is 6.61 Å². The van der Waals surface area contributed by atoms with Gasteiger partial charge in [-0.05, 0) is 46.7 Å². The van der Waals surface area contributed by atoms with Crippen LogP contribution in [0.5, 0.6) is 0 Å². The van der Waals surface area contributed by atoms with Gasteiger partial charge in [0.2, 0.25) is 0 Å². The number of alkyl carbamates (subject to hydrolysis) is 1. The first-order valence-electron chi connectivity index (χ1n) is 13.1. The number of carbonyl (C=O) groups excluding carboxylic acids is 1. The summed E-state index contributed by atoms with van der Waals surface area (Å²) in [5.41, 5.74) is -0.227. The van der Waals surface area contributed by atoms with Gasteiger partial charge in [-0.1, -0.05) is 105 Å².